The second-order valence-corrected chi connectivity index (χ2v) is 10.1. The van der Waals surface area contributed by atoms with Gasteiger partial charge in [-0.15, -0.1) is 0 Å². The molecule has 1 aliphatic rings. The van der Waals surface area contributed by atoms with Crippen LogP contribution in [0.4, 0.5) is 0 Å². The van der Waals surface area contributed by atoms with Crippen molar-refractivity contribution in [3.8, 4) is 5.75 Å². The lowest BCUT2D eigenvalue weighted by Crippen LogP contribution is -2.56. The molecule has 1 heterocycles. The van der Waals surface area contributed by atoms with E-state index >= 15 is 0 Å². The Balaban J connectivity index is 1.71. The number of rotatable bonds is 7. The summed E-state index contributed by atoms with van der Waals surface area (Å²) in [6.07, 6.45) is 0.317. The van der Waals surface area contributed by atoms with Crippen LogP contribution in [0.5, 0.6) is 5.75 Å². The number of phenolic OH excluding ortho intramolecular Hbond substituents is 1. The summed E-state index contributed by atoms with van der Waals surface area (Å²) in [7, 11) is 0. The van der Waals surface area contributed by atoms with Gasteiger partial charge in [-0.3, -0.25) is 24.0 Å². The van der Waals surface area contributed by atoms with E-state index in [4.69, 9.17) is 11.5 Å². The number of amides is 5. The summed E-state index contributed by atoms with van der Waals surface area (Å²) in [5.74, 6) is -3.09. The maximum atomic E-state index is 13.0. The Bertz CT molecular complexity index is 1180. The van der Waals surface area contributed by atoms with Gasteiger partial charge in [0.2, 0.25) is 29.5 Å². The fraction of sp³-hybridized carbons (Fsp3) is 0.346. The van der Waals surface area contributed by atoms with Gasteiger partial charge < -0.3 is 37.8 Å². The van der Waals surface area contributed by atoms with Crippen LogP contribution in [-0.2, 0) is 36.8 Å². The van der Waals surface area contributed by atoms with Crippen LogP contribution in [0.25, 0.3) is 0 Å². The first-order valence-corrected chi connectivity index (χ1v) is 13.4. The summed E-state index contributed by atoms with van der Waals surface area (Å²) in [4.78, 5) is 63.3. The van der Waals surface area contributed by atoms with Gasteiger partial charge in [0.15, 0.2) is 0 Å². The van der Waals surface area contributed by atoms with Crippen LogP contribution in [-0.4, -0.2) is 76.9 Å². The zero-order valence-electron chi connectivity index (χ0n) is 21.1. The second-order valence-electron chi connectivity index (χ2n) is 9.07. The molecule has 1 aliphatic heterocycles. The minimum absolute atomic E-state index is 0.0260. The summed E-state index contributed by atoms with van der Waals surface area (Å²) in [6, 6.07) is 11.1. The van der Waals surface area contributed by atoms with Crippen LogP contribution in [0.3, 0.4) is 0 Å². The van der Waals surface area contributed by atoms with Crippen LogP contribution < -0.4 is 32.7 Å². The number of thioether (sulfide) groups is 1. The summed E-state index contributed by atoms with van der Waals surface area (Å²) in [5.41, 5.74) is 13.0. The van der Waals surface area contributed by atoms with Gasteiger partial charge in [-0.25, -0.2) is 0 Å². The van der Waals surface area contributed by atoms with E-state index in [0.29, 0.717) is 5.56 Å². The quantitative estimate of drug-likeness (QED) is 0.209. The van der Waals surface area contributed by atoms with Gasteiger partial charge in [0.25, 0.3) is 0 Å². The molecule has 0 spiro atoms. The molecule has 0 bridgehead atoms. The van der Waals surface area contributed by atoms with Crippen molar-refractivity contribution in [1.82, 2.24) is 21.3 Å². The number of carbonyl (C=O) groups is 5. The standard InChI is InChI=1S/C26H32N6O6S/c27-18(10-16-6-8-17(33)9-7-16)24(36)32-21-14-39-13-20(23(28)35)31-26(38)19(11-15-4-2-1-3-5-15)30-22(34)12-29-25(21)37/h1-9,18-21,33H,10-14,27H2,(H2,28,35)(H,29,37)(H,30,34)(H,31,38)(H,32,36)/t18-,19-,20-,21+/m0/s1. The first kappa shape index (κ1) is 29.5. The molecule has 1 saturated heterocycles. The first-order valence-electron chi connectivity index (χ1n) is 12.2. The number of benzene rings is 2. The van der Waals surface area contributed by atoms with E-state index in [1.165, 1.54) is 12.1 Å². The van der Waals surface area contributed by atoms with Gasteiger partial charge >= 0.3 is 0 Å². The zero-order valence-corrected chi connectivity index (χ0v) is 21.9. The van der Waals surface area contributed by atoms with E-state index in [2.05, 4.69) is 21.3 Å². The lowest BCUT2D eigenvalue weighted by atomic mass is 10.0. The molecule has 0 unspecified atom stereocenters. The van der Waals surface area contributed by atoms with E-state index in [1.54, 1.807) is 36.4 Å². The predicted octanol–water partition coefficient (Wildman–Crippen LogP) is -1.69. The molecule has 4 atom stereocenters. The molecule has 0 saturated carbocycles. The van der Waals surface area contributed by atoms with Crippen LogP contribution >= 0.6 is 11.8 Å². The number of hydrogen-bond donors (Lipinski definition) is 7. The molecule has 1 fully saturated rings. The second kappa shape index (κ2) is 14.2. The fourth-order valence-electron chi connectivity index (χ4n) is 3.81. The number of phenols is 1. The van der Waals surface area contributed by atoms with E-state index in [-0.39, 0.29) is 30.1 Å². The molecule has 0 aliphatic carbocycles. The highest BCUT2D eigenvalue weighted by Gasteiger charge is 2.29. The molecule has 208 valence electrons. The third-order valence-corrected chi connectivity index (χ3v) is 7.09. The van der Waals surface area contributed by atoms with Crippen LogP contribution in [0.1, 0.15) is 11.1 Å². The van der Waals surface area contributed by atoms with Gasteiger partial charge in [0.05, 0.1) is 12.6 Å². The van der Waals surface area contributed by atoms with Crippen molar-refractivity contribution in [3.05, 3.63) is 65.7 Å². The van der Waals surface area contributed by atoms with Crippen LogP contribution in [0, 0.1) is 0 Å². The first-order chi connectivity index (χ1) is 18.6. The third kappa shape index (κ3) is 9.30. The maximum absolute atomic E-state index is 13.0. The molecule has 12 nitrogen and oxygen atoms in total. The Morgan fingerprint density at radius 2 is 1.67 bits per heavy atom. The summed E-state index contributed by atoms with van der Waals surface area (Å²) >= 11 is 1.13. The van der Waals surface area contributed by atoms with Crippen molar-refractivity contribution in [3.63, 3.8) is 0 Å². The molecule has 2 aromatic rings. The summed E-state index contributed by atoms with van der Waals surface area (Å²) in [6.45, 7) is -0.437. The van der Waals surface area contributed by atoms with Crippen LogP contribution in [0.15, 0.2) is 54.6 Å². The number of nitrogens with one attached hydrogen (secondary N) is 4. The fourth-order valence-corrected chi connectivity index (χ4v) is 4.90. The van der Waals surface area contributed by atoms with Crippen molar-refractivity contribution < 1.29 is 29.1 Å². The minimum atomic E-state index is -1.08. The summed E-state index contributed by atoms with van der Waals surface area (Å²) < 4.78 is 0. The van der Waals surface area contributed by atoms with Crippen molar-refractivity contribution >= 4 is 41.3 Å². The van der Waals surface area contributed by atoms with Gasteiger partial charge in [-0.05, 0) is 29.7 Å². The molecule has 13 heteroatoms. The largest absolute Gasteiger partial charge is 0.508 e. The molecule has 5 amide bonds. The SMILES string of the molecule is NC(=O)[C@@H]1CSC[C@@H](NC(=O)[C@@H](N)Cc2ccc(O)cc2)C(=O)NCC(=O)N[C@@H](Cc2ccccc2)C(=O)N1. The van der Waals surface area contributed by atoms with Crippen molar-refractivity contribution in [1.29, 1.82) is 0 Å². The Morgan fingerprint density at radius 1 is 0.974 bits per heavy atom. The van der Waals surface area contributed by atoms with Gasteiger partial charge in [0.1, 0.15) is 23.9 Å². The van der Waals surface area contributed by atoms with Crippen LogP contribution in [0.2, 0.25) is 0 Å². The van der Waals surface area contributed by atoms with Crippen molar-refractivity contribution in [2.24, 2.45) is 11.5 Å². The van der Waals surface area contributed by atoms with E-state index in [0.717, 1.165) is 17.3 Å². The monoisotopic (exact) mass is 556 g/mol. The molecule has 0 aromatic heterocycles. The van der Waals surface area contributed by atoms with Gasteiger partial charge in [-0.2, -0.15) is 11.8 Å². The molecule has 39 heavy (non-hydrogen) atoms. The number of primary amides is 1. The number of nitrogens with two attached hydrogens (primary N) is 2. The lowest BCUT2D eigenvalue weighted by molar-refractivity contribution is -0.132. The number of hydrogen-bond acceptors (Lipinski definition) is 8. The number of carbonyl (C=O) groups excluding carboxylic acids is 5. The molecule has 2 aromatic carbocycles. The topological polar surface area (TPSA) is 206 Å². The third-order valence-electron chi connectivity index (χ3n) is 5.95. The van der Waals surface area contributed by atoms with Crippen molar-refractivity contribution in [2.45, 2.75) is 37.0 Å². The molecule has 9 N–H and O–H groups in total. The molecule has 0 radical (unpaired) electrons. The van der Waals surface area contributed by atoms with E-state index in [1.807, 2.05) is 6.07 Å². The highest BCUT2D eigenvalue weighted by molar-refractivity contribution is 7.99. The zero-order chi connectivity index (χ0) is 28.4. The smallest absolute Gasteiger partial charge is 0.243 e. The highest BCUT2D eigenvalue weighted by atomic mass is 32.2. The minimum Gasteiger partial charge on any atom is -0.508 e. The normalized spacial score (nSPS) is 21.6. The Morgan fingerprint density at radius 3 is 2.33 bits per heavy atom. The average molecular weight is 557 g/mol. The lowest BCUT2D eigenvalue weighted by Gasteiger charge is -2.22. The number of aromatic hydroxyl groups is 1. The van der Waals surface area contributed by atoms with Crippen molar-refractivity contribution in [2.75, 3.05) is 18.1 Å². The summed E-state index contributed by atoms with van der Waals surface area (Å²) in [5, 5.41) is 19.7. The van der Waals surface area contributed by atoms with E-state index in [9.17, 15) is 29.1 Å². The molecule has 3 rings (SSSR count). The van der Waals surface area contributed by atoms with Gasteiger partial charge in [-0.1, -0.05) is 42.5 Å². The Kier molecular flexibility index (Phi) is 10.7. The molecular weight excluding hydrogens is 524 g/mol. The molecular formula is C26H32N6O6S. The van der Waals surface area contributed by atoms with E-state index < -0.39 is 60.2 Å². The maximum Gasteiger partial charge on any atom is 0.243 e. The average Bonchev–Trinajstić information content (AvgIpc) is 2.91. The Labute approximate surface area is 229 Å². The highest BCUT2D eigenvalue weighted by Crippen LogP contribution is 2.12. The Hall–Kier alpha value is -4.10. The van der Waals surface area contributed by atoms with Gasteiger partial charge in [0, 0.05) is 17.9 Å². The predicted molar refractivity (Wildman–Crippen MR) is 145 cm³/mol.